The lowest BCUT2D eigenvalue weighted by molar-refractivity contribution is 0.0989. The Labute approximate surface area is 228 Å². The Bertz CT molecular complexity index is 1480. The number of carbonyl (C=O) groups is 1. The van der Waals surface area contributed by atoms with Gasteiger partial charge in [0.05, 0.1) is 6.10 Å². The van der Waals surface area contributed by atoms with Crippen molar-refractivity contribution in [2.24, 2.45) is 5.16 Å². The summed E-state index contributed by atoms with van der Waals surface area (Å²) in [5.74, 6) is -0.122. The number of nitrogens with zero attached hydrogens (tertiary/aromatic N) is 2. The summed E-state index contributed by atoms with van der Waals surface area (Å²) in [5.41, 5.74) is 4.04. The standard InChI is InChI=1S/C32H36N2O5/c1-2-3-4-5-8-28(33-38)32(37)23-12-16-30-27(19-23)26-18-22(31(36)21-9-13-24(35)14-10-21)11-15-29(26)34(30)20-25-7-6-17-39-25/h9-16,18-19,25,31,35-36,38H,2-8,17,20H2,1H3/b33-28+. The second-order valence-corrected chi connectivity index (χ2v) is 10.4. The van der Waals surface area contributed by atoms with Crippen molar-refractivity contribution in [3.8, 4) is 5.75 Å². The van der Waals surface area contributed by atoms with Crippen molar-refractivity contribution >= 4 is 33.3 Å². The molecule has 3 N–H and O–H groups in total. The average Bonchev–Trinajstić information content (AvgIpc) is 3.59. The van der Waals surface area contributed by atoms with E-state index in [2.05, 4.69) is 16.6 Å². The number of benzene rings is 3. The van der Waals surface area contributed by atoms with Gasteiger partial charge >= 0.3 is 0 Å². The number of aromatic nitrogens is 1. The fraction of sp³-hybridized carbons (Fsp3) is 0.375. The number of rotatable bonds is 11. The van der Waals surface area contributed by atoms with Crippen LogP contribution in [0.15, 0.2) is 65.8 Å². The summed E-state index contributed by atoms with van der Waals surface area (Å²) < 4.78 is 8.17. The monoisotopic (exact) mass is 528 g/mol. The SMILES string of the molecule is CCCCCC/C(=N\O)C(=O)c1ccc2c(c1)c1cc(C(O)c3ccc(O)cc3)ccc1n2CC1CCCO1. The minimum atomic E-state index is -0.868. The summed E-state index contributed by atoms with van der Waals surface area (Å²) in [6.45, 7) is 3.60. The quantitative estimate of drug-likeness (QED) is 0.0657. The normalized spacial score (nSPS) is 16.8. The van der Waals surface area contributed by atoms with Gasteiger partial charge < -0.3 is 24.7 Å². The van der Waals surface area contributed by atoms with Gasteiger partial charge in [-0.25, -0.2) is 0 Å². The molecule has 7 heteroatoms. The van der Waals surface area contributed by atoms with Crippen molar-refractivity contribution < 1.29 is 25.0 Å². The highest BCUT2D eigenvalue weighted by atomic mass is 16.5. The predicted octanol–water partition coefficient (Wildman–Crippen LogP) is 6.74. The summed E-state index contributed by atoms with van der Waals surface area (Å²) in [5, 5.41) is 35.5. The average molecular weight is 529 g/mol. The van der Waals surface area contributed by atoms with Gasteiger partial charge in [-0.3, -0.25) is 4.79 Å². The van der Waals surface area contributed by atoms with Crippen LogP contribution in [0.2, 0.25) is 0 Å². The number of oxime groups is 1. The summed E-state index contributed by atoms with van der Waals surface area (Å²) in [6, 6.07) is 18.1. The molecule has 2 heterocycles. The number of ether oxygens (including phenoxy) is 1. The van der Waals surface area contributed by atoms with Crippen LogP contribution in [-0.2, 0) is 11.3 Å². The van der Waals surface area contributed by atoms with E-state index < -0.39 is 6.10 Å². The van der Waals surface area contributed by atoms with Crippen LogP contribution in [0.5, 0.6) is 5.75 Å². The first-order valence-electron chi connectivity index (χ1n) is 13.9. The second-order valence-electron chi connectivity index (χ2n) is 10.4. The maximum atomic E-state index is 13.3. The van der Waals surface area contributed by atoms with Crippen molar-refractivity contribution in [2.75, 3.05) is 6.61 Å². The molecule has 7 nitrogen and oxygen atoms in total. The third kappa shape index (κ3) is 5.70. The lowest BCUT2D eigenvalue weighted by atomic mass is 9.98. The van der Waals surface area contributed by atoms with E-state index in [0.29, 0.717) is 24.1 Å². The first-order valence-corrected chi connectivity index (χ1v) is 13.9. The minimum Gasteiger partial charge on any atom is -0.508 e. The molecule has 4 aromatic rings. The molecule has 204 valence electrons. The van der Waals surface area contributed by atoms with E-state index in [1.54, 1.807) is 30.3 Å². The number of aliphatic hydroxyl groups excluding tert-OH is 1. The van der Waals surface area contributed by atoms with Crippen LogP contribution in [0.25, 0.3) is 21.8 Å². The molecule has 3 aromatic carbocycles. The Balaban J connectivity index is 1.56. The van der Waals surface area contributed by atoms with Gasteiger partial charge in [0.25, 0.3) is 0 Å². The van der Waals surface area contributed by atoms with Gasteiger partial charge in [-0.2, -0.15) is 0 Å². The number of phenols is 1. The Hall–Kier alpha value is -3.68. The molecule has 1 aliphatic heterocycles. The van der Waals surface area contributed by atoms with Gasteiger partial charge in [-0.05, 0) is 79.3 Å². The van der Waals surface area contributed by atoms with Crippen LogP contribution in [-0.4, -0.2) is 44.2 Å². The summed E-state index contributed by atoms with van der Waals surface area (Å²) in [7, 11) is 0. The molecule has 2 atom stereocenters. The molecular weight excluding hydrogens is 492 g/mol. The largest absolute Gasteiger partial charge is 0.508 e. The van der Waals surface area contributed by atoms with Crippen molar-refractivity contribution in [2.45, 2.75) is 70.6 Å². The summed E-state index contributed by atoms with van der Waals surface area (Å²) >= 11 is 0. The Morgan fingerprint density at radius 2 is 1.72 bits per heavy atom. The van der Waals surface area contributed by atoms with E-state index in [1.165, 1.54) is 0 Å². The zero-order valence-electron chi connectivity index (χ0n) is 22.3. The number of aromatic hydroxyl groups is 1. The molecule has 0 aliphatic carbocycles. The Morgan fingerprint density at radius 1 is 1.00 bits per heavy atom. The highest BCUT2D eigenvalue weighted by Crippen LogP contribution is 2.35. The van der Waals surface area contributed by atoms with Gasteiger partial charge in [0.1, 0.15) is 17.6 Å². The highest BCUT2D eigenvalue weighted by molar-refractivity contribution is 6.46. The number of fused-ring (bicyclic) bond motifs is 3. The number of hydrogen-bond donors (Lipinski definition) is 3. The molecule has 0 amide bonds. The van der Waals surface area contributed by atoms with Crippen molar-refractivity contribution in [3.63, 3.8) is 0 Å². The summed E-state index contributed by atoms with van der Waals surface area (Å²) in [6.07, 6.45) is 5.73. The zero-order chi connectivity index (χ0) is 27.4. The lowest BCUT2D eigenvalue weighted by Crippen LogP contribution is -2.15. The highest BCUT2D eigenvalue weighted by Gasteiger charge is 2.22. The van der Waals surface area contributed by atoms with Gasteiger partial charge in [0, 0.05) is 40.5 Å². The van der Waals surface area contributed by atoms with Gasteiger partial charge in [-0.15, -0.1) is 0 Å². The van der Waals surface area contributed by atoms with E-state index in [1.807, 2.05) is 30.3 Å². The number of phenolic OH excluding ortho intramolecular Hbond substituents is 1. The molecule has 2 unspecified atom stereocenters. The van der Waals surface area contributed by atoms with Crippen LogP contribution >= 0.6 is 0 Å². The third-order valence-electron chi connectivity index (χ3n) is 7.74. The molecular formula is C32H36N2O5. The molecule has 39 heavy (non-hydrogen) atoms. The maximum absolute atomic E-state index is 13.3. The second kappa shape index (κ2) is 12.0. The third-order valence-corrected chi connectivity index (χ3v) is 7.74. The molecule has 1 aliphatic rings. The molecule has 0 saturated carbocycles. The molecule has 1 saturated heterocycles. The number of aliphatic hydroxyl groups is 1. The van der Waals surface area contributed by atoms with E-state index in [0.717, 1.165) is 72.5 Å². The first-order chi connectivity index (χ1) is 19.0. The van der Waals surface area contributed by atoms with Crippen LogP contribution < -0.4 is 0 Å². The zero-order valence-corrected chi connectivity index (χ0v) is 22.3. The van der Waals surface area contributed by atoms with Crippen LogP contribution in [0.4, 0.5) is 0 Å². The van der Waals surface area contributed by atoms with E-state index in [4.69, 9.17) is 4.74 Å². The van der Waals surface area contributed by atoms with Crippen molar-refractivity contribution in [1.29, 1.82) is 0 Å². The molecule has 5 rings (SSSR count). The topological polar surface area (TPSA) is 104 Å². The van der Waals surface area contributed by atoms with Gasteiger partial charge in [0.2, 0.25) is 5.78 Å². The predicted molar refractivity (Wildman–Crippen MR) is 153 cm³/mol. The van der Waals surface area contributed by atoms with Crippen LogP contribution in [0.3, 0.4) is 0 Å². The minimum absolute atomic E-state index is 0.128. The number of ketones is 1. The fourth-order valence-corrected chi connectivity index (χ4v) is 5.57. The van der Waals surface area contributed by atoms with E-state index in [-0.39, 0.29) is 23.3 Å². The number of hydrogen-bond acceptors (Lipinski definition) is 6. The summed E-state index contributed by atoms with van der Waals surface area (Å²) in [4.78, 5) is 13.3. The molecule has 0 spiro atoms. The lowest BCUT2D eigenvalue weighted by Gasteiger charge is -2.14. The maximum Gasteiger partial charge on any atom is 0.210 e. The molecule has 0 bridgehead atoms. The van der Waals surface area contributed by atoms with Crippen LogP contribution in [0, 0.1) is 0 Å². The van der Waals surface area contributed by atoms with E-state index >= 15 is 0 Å². The van der Waals surface area contributed by atoms with Crippen molar-refractivity contribution in [1.82, 2.24) is 4.57 Å². The van der Waals surface area contributed by atoms with Gasteiger partial charge in [-0.1, -0.05) is 49.5 Å². The molecule has 1 fully saturated rings. The number of unbranched alkanes of at least 4 members (excludes halogenated alkanes) is 3. The smallest absolute Gasteiger partial charge is 0.210 e. The number of carbonyl (C=O) groups excluding carboxylic acids is 1. The first kappa shape index (κ1) is 26.9. The van der Waals surface area contributed by atoms with E-state index in [9.17, 15) is 20.2 Å². The Kier molecular flexibility index (Phi) is 8.29. The fourth-order valence-electron chi connectivity index (χ4n) is 5.57. The molecule has 0 radical (unpaired) electrons. The van der Waals surface area contributed by atoms with Crippen LogP contribution in [0.1, 0.15) is 79.5 Å². The Morgan fingerprint density at radius 3 is 2.41 bits per heavy atom. The molecule has 1 aromatic heterocycles. The number of Topliss-reactive ketones (excluding diaryl/α,β-unsaturated/α-hetero) is 1. The van der Waals surface area contributed by atoms with Crippen molar-refractivity contribution in [3.05, 3.63) is 77.4 Å². The van der Waals surface area contributed by atoms with Gasteiger partial charge in [0.15, 0.2) is 0 Å².